The number of hydrogen-bond acceptors (Lipinski definition) is 3. The number of carboxylic acid groups (broad SMARTS) is 1. The van der Waals surface area contributed by atoms with Gasteiger partial charge in [0.15, 0.2) is 0 Å². The number of carbonyl (C=O) groups is 1. The Kier molecular flexibility index (Phi) is 4.32. The van der Waals surface area contributed by atoms with Crippen molar-refractivity contribution in [3.05, 3.63) is 17.4 Å². The number of aromatic nitrogens is 2. The van der Waals surface area contributed by atoms with Gasteiger partial charge in [0, 0.05) is 12.7 Å². The number of aryl methyl sites for hydroxylation is 1. The van der Waals surface area contributed by atoms with Crippen LogP contribution < -0.4 is 5.73 Å². The molecule has 0 saturated heterocycles. The Morgan fingerprint density at radius 3 is 2.88 bits per heavy atom. The van der Waals surface area contributed by atoms with Crippen molar-refractivity contribution in [2.75, 3.05) is 0 Å². The SMILES string of the molecule is CCC(N)(CCCn1cc(Cl)cn1)C(=O)O. The van der Waals surface area contributed by atoms with Crippen LogP contribution in [0.25, 0.3) is 0 Å². The van der Waals surface area contributed by atoms with Crippen LogP contribution in [0.1, 0.15) is 26.2 Å². The average Bonchev–Trinajstić information content (AvgIpc) is 2.63. The van der Waals surface area contributed by atoms with Crippen molar-refractivity contribution in [3.8, 4) is 0 Å². The Hall–Kier alpha value is -1.07. The molecule has 1 aromatic rings. The van der Waals surface area contributed by atoms with E-state index >= 15 is 0 Å². The minimum absolute atomic E-state index is 0.419. The topological polar surface area (TPSA) is 81.1 Å². The Bertz CT molecular complexity index is 367. The molecule has 3 N–H and O–H groups in total. The molecule has 0 aliphatic rings. The van der Waals surface area contributed by atoms with E-state index in [0.29, 0.717) is 30.8 Å². The fourth-order valence-electron chi connectivity index (χ4n) is 1.45. The van der Waals surface area contributed by atoms with Gasteiger partial charge in [-0.3, -0.25) is 9.48 Å². The largest absolute Gasteiger partial charge is 0.480 e. The summed E-state index contributed by atoms with van der Waals surface area (Å²) in [5.41, 5.74) is 4.63. The van der Waals surface area contributed by atoms with Crippen LogP contribution in [0, 0.1) is 0 Å². The monoisotopic (exact) mass is 245 g/mol. The second-order valence-corrected chi connectivity index (χ2v) is 4.28. The van der Waals surface area contributed by atoms with Gasteiger partial charge >= 0.3 is 5.97 Å². The Balaban J connectivity index is 2.43. The molecule has 90 valence electrons. The van der Waals surface area contributed by atoms with Crippen LogP contribution in [-0.4, -0.2) is 26.4 Å². The van der Waals surface area contributed by atoms with E-state index in [2.05, 4.69) is 5.10 Å². The molecule has 0 radical (unpaired) electrons. The van der Waals surface area contributed by atoms with E-state index < -0.39 is 11.5 Å². The van der Waals surface area contributed by atoms with Crippen molar-refractivity contribution in [3.63, 3.8) is 0 Å². The summed E-state index contributed by atoms with van der Waals surface area (Å²) in [6, 6.07) is 0. The summed E-state index contributed by atoms with van der Waals surface area (Å²) < 4.78 is 1.68. The van der Waals surface area contributed by atoms with Crippen molar-refractivity contribution in [1.82, 2.24) is 9.78 Å². The quantitative estimate of drug-likeness (QED) is 0.796. The van der Waals surface area contributed by atoms with Crippen LogP contribution in [0.2, 0.25) is 5.02 Å². The van der Waals surface area contributed by atoms with Crippen LogP contribution in [0.15, 0.2) is 12.4 Å². The van der Waals surface area contributed by atoms with Gasteiger partial charge in [0.05, 0.1) is 11.2 Å². The van der Waals surface area contributed by atoms with Gasteiger partial charge in [0.2, 0.25) is 0 Å². The predicted molar refractivity (Wildman–Crippen MR) is 61.3 cm³/mol. The molecule has 0 aliphatic heterocycles. The molecular formula is C10H16ClN3O2. The normalized spacial score (nSPS) is 14.7. The Morgan fingerprint density at radius 2 is 2.44 bits per heavy atom. The molecule has 1 heterocycles. The fraction of sp³-hybridized carbons (Fsp3) is 0.600. The first-order valence-corrected chi connectivity index (χ1v) is 5.56. The van der Waals surface area contributed by atoms with Gasteiger partial charge in [-0.15, -0.1) is 0 Å². The van der Waals surface area contributed by atoms with Gasteiger partial charge in [0.25, 0.3) is 0 Å². The minimum Gasteiger partial charge on any atom is -0.480 e. The molecule has 0 aliphatic carbocycles. The lowest BCUT2D eigenvalue weighted by atomic mass is 9.92. The first-order chi connectivity index (χ1) is 7.48. The van der Waals surface area contributed by atoms with Gasteiger partial charge in [-0.1, -0.05) is 18.5 Å². The van der Waals surface area contributed by atoms with Crippen LogP contribution >= 0.6 is 11.6 Å². The maximum Gasteiger partial charge on any atom is 0.323 e. The third-order valence-electron chi connectivity index (χ3n) is 2.67. The number of nitrogens with zero attached hydrogens (tertiary/aromatic N) is 2. The van der Waals surface area contributed by atoms with Crippen LogP contribution in [0.4, 0.5) is 0 Å². The molecule has 0 spiro atoms. The number of nitrogens with two attached hydrogens (primary N) is 1. The van der Waals surface area contributed by atoms with Crippen LogP contribution in [0.3, 0.4) is 0 Å². The van der Waals surface area contributed by atoms with E-state index in [9.17, 15) is 4.79 Å². The summed E-state index contributed by atoms with van der Waals surface area (Å²) in [7, 11) is 0. The average molecular weight is 246 g/mol. The molecule has 1 unspecified atom stereocenters. The number of halogens is 1. The molecular weight excluding hydrogens is 230 g/mol. The number of aliphatic carboxylic acids is 1. The molecule has 6 heteroatoms. The second kappa shape index (κ2) is 5.32. The lowest BCUT2D eigenvalue weighted by Gasteiger charge is -2.22. The molecule has 1 aromatic heterocycles. The lowest BCUT2D eigenvalue weighted by molar-refractivity contribution is -0.143. The van der Waals surface area contributed by atoms with E-state index in [-0.39, 0.29) is 0 Å². The van der Waals surface area contributed by atoms with Crippen molar-refractivity contribution in [1.29, 1.82) is 0 Å². The molecule has 16 heavy (non-hydrogen) atoms. The minimum atomic E-state index is -1.13. The molecule has 0 fully saturated rings. The van der Waals surface area contributed by atoms with E-state index in [1.54, 1.807) is 24.0 Å². The maximum atomic E-state index is 10.9. The van der Waals surface area contributed by atoms with Crippen LogP contribution in [0.5, 0.6) is 0 Å². The summed E-state index contributed by atoms with van der Waals surface area (Å²) in [6.45, 7) is 2.40. The van der Waals surface area contributed by atoms with Gasteiger partial charge in [-0.2, -0.15) is 5.10 Å². The zero-order valence-corrected chi connectivity index (χ0v) is 9.94. The van der Waals surface area contributed by atoms with Crippen molar-refractivity contribution in [2.45, 2.75) is 38.3 Å². The highest BCUT2D eigenvalue weighted by molar-refractivity contribution is 6.30. The zero-order valence-electron chi connectivity index (χ0n) is 9.19. The van der Waals surface area contributed by atoms with Crippen LogP contribution in [-0.2, 0) is 11.3 Å². The van der Waals surface area contributed by atoms with Gasteiger partial charge in [0.1, 0.15) is 5.54 Å². The highest BCUT2D eigenvalue weighted by atomic mass is 35.5. The molecule has 0 bridgehead atoms. The zero-order chi connectivity index (χ0) is 12.2. The smallest absolute Gasteiger partial charge is 0.323 e. The molecule has 0 amide bonds. The third-order valence-corrected chi connectivity index (χ3v) is 2.86. The van der Waals surface area contributed by atoms with Gasteiger partial charge in [-0.05, 0) is 19.3 Å². The van der Waals surface area contributed by atoms with Crippen molar-refractivity contribution >= 4 is 17.6 Å². The van der Waals surface area contributed by atoms with E-state index in [1.807, 2.05) is 0 Å². The molecule has 1 rings (SSSR count). The number of carboxylic acids is 1. The maximum absolute atomic E-state index is 10.9. The standard InChI is InChI=1S/C10H16ClN3O2/c1-2-10(12,9(15)16)4-3-5-14-7-8(11)6-13-14/h6-7H,2-5,12H2,1H3,(H,15,16). The summed E-state index contributed by atoms with van der Waals surface area (Å²) in [4.78, 5) is 10.9. The lowest BCUT2D eigenvalue weighted by Crippen LogP contribution is -2.47. The van der Waals surface area contributed by atoms with E-state index in [1.165, 1.54) is 0 Å². The number of rotatable bonds is 6. The van der Waals surface area contributed by atoms with Gasteiger partial charge < -0.3 is 10.8 Å². The summed E-state index contributed by atoms with van der Waals surface area (Å²) >= 11 is 5.70. The fourth-order valence-corrected chi connectivity index (χ4v) is 1.61. The highest BCUT2D eigenvalue weighted by Gasteiger charge is 2.30. The van der Waals surface area contributed by atoms with E-state index in [0.717, 1.165) is 0 Å². The summed E-state index contributed by atoms with van der Waals surface area (Å²) in [5, 5.41) is 13.5. The number of hydrogen-bond donors (Lipinski definition) is 2. The first-order valence-electron chi connectivity index (χ1n) is 5.18. The Labute approximate surface area is 99.2 Å². The van der Waals surface area contributed by atoms with Gasteiger partial charge in [-0.25, -0.2) is 0 Å². The van der Waals surface area contributed by atoms with Crippen molar-refractivity contribution in [2.24, 2.45) is 5.73 Å². The summed E-state index contributed by atoms with van der Waals surface area (Å²) in [5.74, 6) is -0.950. The molecule has 1 atom stereocenters. The highest BCUT2D eigenvalue weighted by Crippen LogP contribution is 2.15. The second-order valence-electron chi connectivity index (χ2n) is 3.84. The molecule has 0 aromatic carbocycles. The molecule has 5 nitrogen and oxygen atoms in total. The van der Waals surface area contributed by atoms with Crippen molar-refractivity contribution < 1.29 is 9.90 Å². The Morgan fingerprint density at radius 1 is 1.75 bits per heavy atom. The predicted octanol–water partition coefficient (Wildman–Crippen LogP) is 1.51. The first kappa shape index (κ1) is 13.0. The summed E-state index contributed by atoms with van der Waals surface area (Å²) in [6.07, 6.45) is 4.76. The third kappa shape index (κ3) is 3.21. The molecule has 0 saturated carbocycles. The van der Waals surface area contributed by atoms with E-state index in [4.69, 9.17) is 22.4 Å².